The van der Waals surface area contributed by atoms with E-state index >= 15 is 0 Å². The number of amides is 3. The molecule has 5 N–H and O–H groups in total. The molecule has 0 unspecified atom stereocenters. The SMILES string of the molecule is O=C(N[C@@H](Cc1ccccc1)C(=O)N[C@@H](Cc1ccccc1)C(=O)N[C@@H](Cc1ccc(O)cc1)C(=O)O)OCc1ccccc1. The highest BCUT2D eigenvalue weighted by Crippen LogP contribution is 2.13. The smallest absolute Gasteiger partial charge is 0.408 e. The fourth-order valence-corrected chi connectivity index (χ4v) is 4.64. The van der Waals surface area contributed by atoms with Gasteiger partial charge in [0.25, 0.3) is 0 Å². The van der Waals surface area contributed by atoms with E-state index in [-0.39, 0.29) is 31.6 Å². The maximum atomic E-state index is 13.7. The molecule has 4 aromatic rings. The number of aliphatic carboxylic acids is 1. The number of carboxylic acids is 1. The number of phenolic OH excluding ortho intramolecular Hbond substituents is 1. The lowest BCUT2D eigenvalue weighted by atomic mass is 10.0. The summed E-state index contributed by atoms with van der Waals surface area (Å²) < 4.78 is 5.35. The van der Waals surface area contributed by atoms with Gasteiger partial charge in [0.15, 0.2) is 0 Å². The molecule has 0 spiro atoms. The predicted octanol–water partition coefficient (Wildman–Crippen LogP) is 3.77. The molecule has 4 aromatic carbocycles. The van der Waals surface area contributed by atoms with Crippen molar-refractivity contribution in [2.45, 2.75) is 44.0 Å². The molecule has 3 amide bonds. The number of carbonyl (C=O) groups is 4. The largest absolute Gasteiger partial charge is 0.508 e. The van der Waals surface area contributed by atoms with E-state index < -0.39 is 42.0 Å². The van der Waals surface area contributed by atoms with Crippen LogP contribution in [0, 0.1) is 0 Å². The van der Waals surface area contributed by atoms with E-state index in [1.54, 1.807) is 48.5 Å². The molecule has 0 aliphatic rings. The van der Waals surface area contributed by atoms with Crippen molar-refractivity contribution >= 4 is 23.9 Å². The summed E-state index contributed by atoms with van der Waals surface area (Å²) in [5.74, 6) is -2.57. The number of hydrogen-bond donors (Lipinski definition) is 5. The van der Waals surface area contributed by atoms with Gasteiger partial charge in [-0.2, -0.15) is 0 Å². The van der Waals surface area contributed by atoms with Crippen LogP contribution in [-0.4, -0.2) is 52.2 Å². The number of carbonyl (C=O) groups excluding carboxylic acids is 3. The van der Waals surface area contributed by atoms with Crippen molar-refractivity contribution in [3.63, 3.8) is 0 Å². The normalized spacial score (nSPS) is 12.6. The molecule has 3 atom stereocenters. The first-order valence-electron chi connectivity index (χ1n) is 14.4. The van der Waals surface area contributed by atoms with Crippen molar-refractivity contribution in [1.82, 2.24) is 16.0 Å². The molecule has 0 heterocycles. The third kappa shape index (κ3) is 10.5. The molecule has 10 nitrogen and oxygen atoms in total. The predicted molar refractivity (Wildman–Crippen MR) is 167 cm³/mol. The van der Waals surface area contributed by atoms with Gasteiger partial charge in [-0.25, -0.2) is 9.59 Å². The van der Waals surface area contributed by atoms with E-state index in [0.717, 1.165) is 16.7 Å². The minimum absolute atomic E-state index is 0.00297. The zero-order chi connectivity index (χ0) is 32.0. The molecule has 0 aliphatic carbocycles. The van der Waals surface area contributed by atoms with E-state index in [0.29, 0.717) is 5.56 Å². The Bertz CT molecular complexity index is 1550. The summed E-state index contributed by atoms with van der Waals surface area (Å²) in [6.45, 7) is 0.00297. The number of phenols is 1. The van der Waals surface area contributed by atoms with Gasteiger partial charge >= 0.3 is 12.1 Å². The van der Waals surface area contributed by atoms with Crippen molar-refractivity contribution in [2.24, 2.45) is 0 Å². The number of nitrogens with one attached hydrogen (secondary N) is 3. The molecular weight excluding hydrogens is 574 g/mol. The van der Waals surface area contributed by atoms with Crippen molar-refractivity contribution in [3.05, 3.63) is 138 Å². The molecule has 0 aliphatic heterocycles. The van der Waals surface area contributed by atoms with Gasteiger partial charge in [-0.15, -0.1) is 0 Å². The van der Waals surface area contributed by atoms with Gasteiger partial charge in [-0.05, 0) is 34.4 Å². The summed E-state index contributed by atoms with van der Waals surface area (Å²) in [6.07, 6.45) is -0.663. The fraction of sp³-hybridized carbons (Fsp3) is 0.200. The van der Waals surface area contributed by atoms with Crippen LogP contribution in [0.4, 0.5) is 4.79 Å². The molecule has 0 saturated heterocycles. The maximum absolute atomic E-state index is 13.7. The van der Waals surface area contributed by atoms with Crippen molar-refractivity contribution in [2.75, 3.05) is 0 Å². The molecule has 45 heavy (non-hydrogen) atoms. The number of aromatic hydroxyl groups is 1. The van der Waals surface area contributed by atoms with E-state index in [9.17, 15) is 29.4 Å². The Kier molecular flexibility index (Phi) is 11.7. The average Bonchev–Trinajstić information content (AvgIpc) is 3.05. The molecule has 0 saturated carbocycles. The number of benzene rings is 4. The zero-order valence-corrected chi connectivity index (χ0v) is 24.5. The summed E-state index contributed by atoms with van der Waals surface area (Å²) >= 11 is 0. The van der Waals surface area contributed by atoms with Gasteiger partial charge < -0.3 is 30.9 Å². The van der Waals surface area contributed by atoms with Crippen molar-refractivity contribution in [1.29, 1.82) is 0 Å². The van der Waals surface area contributed by atoms with Gasteiger partial charge in [0.1, 0.15) is 30.5 Å². The molecule has 232 valence electrons. The first-order chi connectivity index (χ1) is 21.8. The van der Waals surface area contributed by atoms with Crippen LogP contribution in [-0.2, 0) is 45.0 Å². The first kappa shape index (κ1) is 32.3. The van der Waals surface area contributed by atoms with Gasteiger partial charge in [0.05, 0.1) is 0 Å². The molecule has 0 aromatic heterocycles. The minimum Gasteiger partial charge on any atom is -0.508 e. The summed E-state index contributed by atoms with van der Waals surface area (Å²) in [4.78, 5) is 52.1. The number of hydrogen-bond acceptors (Lipinski definition) is 6. The van der Waals surface area contributed by atoms with Crippen LogP contribution in [0.2, 0.25) is 0 Å². The molecule has 4 rings (SSSR count). The third-order valence-electron chi connectivity index (χ3n) is 7.01. The third-order valence-corrected chi connectivity index (χ3v) is 7.01. The molecule has 0 bridgehead atoms. The van der Waals surface area contributed by atoms with Crippen LogP contribution >= 0.6 is 0 Å². The highest BCUT2D eigenvalue weighted by molar-refractivity contribution is 5.93. The zero-order valence-electron chi connectivity index (χ0n) is 24.5. The van der Waals surface area contributed by atoms with Crippen LogP contribution in [0.15, 0.2) is 115 Å². The quantitative estimate of drug-likeness (QED) is 0.146. The lowest BCUT2D eigenvalue weighted by Crippen LogP contribution is -2.57. The van der Waals surface area contributed by atoms with Gasteiger partial charge in [-0.3, -0.25) is 9.59 Å². The second-order valence-corrected chi connectivity index (χ2v) is 10.5. The van der Waals surface area contributed by atoms with Gasteiger partial charge in [-0.1, -0.05) is 103 Å². The van der Waals surface area contributed by atoms with Crippen LogP contribution in [0.5, 0.6) is 5.75 Å². The fourth-order valence-electron chi connectivity index (χ4n) is 4.64. The van der Waals surface area contributed by atoms with Gasteiger partial charge in [0.2, 0.25) is 11.8 Å². The lowest BCUT2D eigenvalue weighted by molar-refractivity contribution is -0.142. The summed E-state index contributed by atoms with van der Waals surface area (Å²) in [5.41, 5.74) is 2.87. The van der Waals surface area contributed by atoms with E-state index in [1.165, 1.54) is 12.1 Å². The summed E-state index contributed by atoms with van der Waals surface area (Å²) in [5, 5.41) is 27.3. The first-order valence-corrected chi connectivity index (χ1v) is 14.4. The maximum Gasteiger partial charge on any atom is 0.408 e. The summed E-state index contributed by atoms with van der Waals surface area (Å²) in [6, 6.07) is 29.6. The number of ether oxygens (including phenoxy) is 1. The molecular formula is C35H35N3O7. The Hall–Kier alpha value is -5.64. The highest BCUT2D eigenvalue weighted by atomic mass is 16.5. The van der Waals surface area contributed by atoms with Crippen molar-refractivity contribution in [3.8, 4) is 5.75 Å². The lowest BCUT2D eigenvalue weighted by Gasteiger charge is -2.25. The molecule has 0 radical (unpaired) electrons. The monoisotopic (exact) mass is 609 g/mol. The standard InChI is InChI=1S/C35H35N3O7/c39-28-18-16-26(17-19-28)22-31(34(42)43)37-32(40)29(20-24-10-4-1-5-11-24)36-33(41)30(21-25-12-6-2-7-13-25)38-35(44)45-23-27-14-8-3-9-15-27/h1-19,29-31,39H,20-23H2,(H,36,41)(H,37,40)(H,38,44)(H,42,43)/t29-,30-,31-/m0/s1. The Morgan fingerprint density at radius 2 is 0.933 bits per heavy atom. The Morgan fingerprint density at radius 1 is 0.533 bits per heavy atom. The second-order valence-electron chi connectivity index (χ2n) is 10.5. The van der Waals surface area contributed by atoms with E-state index in [4.69, 9.17) is 4.74 Å². The Balaban J connectivity index is 1.51. The second kappa shape index (κ2) is 16.3. The van der Waals surface area contributed by atoms with Crippen molar-refractivity contribution < 1.29 is 34.1 Å². The molecule has 10 heteroatoms. The van der Waals surface area contributed by atoms with Crippen LogP contribution in [0.1, 0.15) is 22.3 Å². The Morgan fingerprint density at radius 3 is 1.42 bits per heavy atom. The van der Waals surface area contributed by atoms with E-state index in [1.807, 2.05) is 54.6 Å². The topological polar surface area (TPSA) is 154 Å². The average molecular weight is 610 g/mol. The number of carboxylic acid groups (broad SMARTS) is 1. The molecule has 0 fully saturated rings. The van der Waals surface area contributed by atoms with Crippen LogP contribution in [0.3, 0.4) is 0 Å². The van der Waals surface area contributed by atoms with Crippen LogP contribution < -0.4 is 16.0 Å². The summed E-state index contributed by atoms with van der Waals surface area (Å²) in [7, 11) is 0. The van der Waals surface area contributed by atoms with Gasteiger partial charge in [0, 0.05) is 19.3 Å². The Labute approximate surface area is 261 Å². The van der Waals surface area contributed by atoms with Crippen LogP contribution in [0.25, 0.3) is 0 Å². The number of rotatable bonds is 14. The minimum atomic E-state index is -1.30. The number of alkyl carbamates (subject to hydrolysis) is 1. The highest BCUT2D eigenvalue weighted by Gasteiger charge is 2.30. The van der Waals surface area contributed by atoms with E-state index in [2.05, 4.69) is 16.0 Å².